The minimum absolute atomic E-state index is 0.282. The number of nitrogens with zero attached hydrogens (tertiary/aromatic N) is 1. The minimum atomic E-state index is -0.911. The summed E-state index contributed by atoms with van der Waals surface area (Å²) in [7, 11) is 0. The molecule has 3 atom stereocenters. The molecule has 1 saturated carbocycles. The second-order valence-electron chi connectivity index (χ2n) is 5.38. The number of hydrogen-bond donors (Lipinski definition) is 2. The Labute approximate surface area is 107 Å². The van der Waals surface area contributed by atoms with Crippen molar-refractivity contribution < 1.29 is 9.90 Å². The fourth-order valence-corrected chi connectivity index (χ4v) is 2.71. The lowest BCUT2D eigenvalue weighted by molar-refractivity contribution is 0.0697. The molecule has 0 spiro atoms. The number of nitrogens with one attached hydrogen (secondary N) is 1. The molecule has 0 aliphatic heterocycles. The van der Waals surface area contributed by atoms with Crippen molar-refractivity contribution in [3.8, 4) is 0 Å². The monoisotopic (exact) mass is 248 g/mol. The summed E-state index contributed by atoms with van der Waals surface area (Å²) in [5.41, 5.74) is 0.282. The van der Waals surface area contributed by atoms with E-state index in [0.717, 1.165) is 12.3 Å². The van der Waals surface area contributed by atoms with Crippen LogP contribution in [0.1, 0.15) is 43.5 Å². The Bertz CT molecular complexity index is 434. The highest BCUT2D eigenvalue weighted by Crippen LogP contribution is 2.30. The summed E-state index contributed by atoms with van der Waals surface area (Å²) in [6, 6.07) is 3.52. The number of pyridine rings is 1. The summed E-state index contributed by atoms with van der Waals surface area (Å²) >= 11 is 0. The van der Waals surface area contributed by atoms with Crippen LogP contribution >= 0.6 is 0 Å². The summed E-state index contributed by atoms with van der Waals surface area (Å²) in [5.74, 6) is 1.15. The lowest BCUT2D eigenvalue weighted by atomic mass is 9.80. The van der Waals surface area contributed by atoms with Gasteiger partial charge in [0.25, 0.3) is 0 Å². The van der Waals surface area contributed by atoms with E-state index >= 15 is 0 Å². The molecule has 1 heterocycles. The van der Waals surface area contributed by atoms with Gasteiger partial charge in [-0.05, 0) is 43.2 Å². The molecule has 1 aliphatic rings. The van der Waals surface area contributed by atoms with Crippen molar-refractivity contribution >= 4 is 11.8 Å². The molecule has 1 fully saturated rings. The van der Waals surface area contributed by atoms with Crippen molar-refractivity contribution in [2.75, 3.05) is 5.32 Å². The van der Waals surface area contributed by atoms with Crippen molar-refractivity contribution in [1.82, 2.24) is 4.98 Å². The second kappa shape index (κ2) is 5.38. The third-order valence-corrected chi connectivity index (χ3v) is 3.77. The first-order chi connectivity index (χ1) is 8.56. The van der Waals surface area contributed by atoms with Gasteiger partial charge in [0.05, 0.1) is 5.56 Å². The summed E-state index contributed by atoms with van der Waals surface area (Å²) in [5, 5.41) is 12.3. The largest absolute Gasteiger partial charge is 0.478 e. The first-order valence-electron chi connectivity index (χ1n) is 6.52. The molecule has 0 radical (unpaired) electrons. The molecular weight excluding hydrogens is 228 g/mol. The van der Waals surface area contributed by atoms with Crippen LogP contribution in [0.25, 0.3) is 0 Å². The van der Waals surface area contributed by atoms with Gasteiger partial charge in [-0.3, -0.25) is 0 Å². The number of carboxylic acid groups (broad SMARTS) is 1. The molecule has 4 heteroatoms. The number of aromatic carboxylic acids is 1. The van der Waals surface area contributed by atoms with E-state index in [1.807, 2.05) is 0 Å². The molecule has 0 amide bonds. The highest BCUT2D eigenvalue weighted by molar-refractivity contribution is 5.88. The van der Waals surface area contributed by atoms with Gasteiger partial charge < -0.3 is 10.4 Å². The Morgan fingerprint density at radius 2 is 2.22 bits per heavy atom. The molecule has 0 bridgehead atoms. The first kappa shape index (κ1) is 12.9. The van der Waals surface area contributed by atoms with Gasteiger partial charge in [0.15, 0.2) is 0 Å². The second-order valence-corrected chi connectivity index (χ2v) is 5.38. The van der Waals surface area contributed by atoms with E-state index in [1.165, 1.54) is 18.9 Å². The van der Waals surface area contributed by atoms with E-state index in [9.17, 15) is 4.79 Å². The predicted octanol–water partition coefficient (Wildman–Crippen LogP) is 3.02. The quantitative estimate of drug-likeness (QED) is 0.863. The number of anilines is 1. The molecule has 2 N–H and O–H groups in total. The Kier molecular flexibility index (Phi) is 3.84. The van der Waals surface area contributed by atoms with Crippen molar-refractivity contribution in [2.45, 2.75) is 39.2 Å². The van der Waals surface area contributed by atoms with Gasteiger partial charge in [-0.2, -0.15) is 0 Å². The first-order valence-corrected chi connectivity index (χ1v) is 6.52. The zero-order valence-electron chi connectivity index (χ0n) is 10.9. The number of hydrogen-bond acceptors (Lipinski definition) is 3. The standard InChI is InChI=1S/C14H20N2O2/c1-9-3-4-12(10(2)7-9)16-13-8-11(14(17)18)5-6-15-13/h5-6,8-10,12H,3-4,7H2,1-2H3,(H,15,16)(H,17,18). The normalized spacial score (nSPS) is 27.8. The smallest absolute Gasteiger partial charge is 0.335 e. The van der Waals surface area contributed by atoms with Gasteiger partial charge in [-0.15, -0.1) is 0 Å². The summed E-state index contributed by atoms with van der Waals surface area (Å²) < 4.78 is 0. The maximum atomic E-state index is 10.9. The van der Waals surface area contributed by atoms with E-state index in [0.29, 0.717) is 17.8 Å². The fourth-order valence-electron chi connectivity index (χ4n) is 2.71. The Morgan fingerprint density at radius 3 is 2.89 bits per heavy atom. The van der Waals surface area contributed by atoms with Gasteiger partial charge in [0, 0.05) is 12.2 Å². The van der Waals surface area contributed by atoms with Gasteiger partial charge in [0.2, 0.25) is 0 Å². The Hall–Kier alpha value is -1.58. The molecule has 0 saturated heterocycles. The van der Waals surface area contributed by atoms with Gasteiger partial charge in [0.1, 0.15) is 5.82 Å². The van der Waals surface area contributed by atoms with Crippen LogP contribution in [0.4, 0.5) is 5.82 Å². The highest BCUT2D eigenvalue weighted by atomic mass is 16.4. The van der Waals surface area contributed by atoms with Crippen molar-refractivity contribution in [3.05, 3.63) is 23.9 Å². The van der Waals surface area contributed by atoms with Crippen LogP contribution in [-0.4, -0.2) is 22.1 Å². The fraction of sp³-hybridized carbons (Fsp3) is 0.571. The van der Waals surface area contributed by atoms with Crippen LogP contribution in [0, 0.1) is 11.8 Å². The maximum Gasteiger partial charge on any atom is 0.335 e. The van der Waals surface area contributed by atoms with Crippen LogP contribution < -0.4 is 5.32 Å². The van der Waals surface area contributed by atoms with E-state index in [2.05, 4.69) is 24.1 Å². The van der Waals surface area contributed by atoms with E-state index in [1.54, 1.807) is 12.3 Å². The molecule has 1 aliphatic carbocycles. The SMILES string of the molecule is CC1CCC(Nc2cc(C(=O)O)ccn2)C(C)C1. The molecule has 4 nitrogen and oxygen atoms in total. The van der Waals surface area contributed by atoms with Crippen LogP contribution in [0.5, 0.6) is 0 Å². The molecule has 98 valence electrons. The minimum Gasteiger partial charge on any atom is -0.478 e. The van der Waals surface area contributed by atoms with E-state index < -0.39 is 5.97 Å². The third kappa shape index (κ3) is 3.00. The highest BCUT2D eigenvalue weighted by Gasteiger charge is 2.25. The number of carbonyl (C=O) groups is 1. The molecule has 0 aromatic carbocycles. The molecule has 18 heavy (non-hydrogen) atoms. The zero-order valence-corrected chi connectivity index (χ0v) is 10.9. The van der Waals surface area contributed by atoms with Gasteiger partial charge in [-0.25, -0.2) is 9.78 Å². The van der Waals surface area contributed by atoms with Crippen molar-refractivity contribution in [3.63, 3.8) is 0 Å². The maximum absolute atomic E-state index is 10.9. The predicted molar refractivity (Wildman–Crippen MR) is 70.8 cm³/mol. The van der Waals surface area contributed by atoms with E-state index in [-0.39, 0.29) is 5.56 Å². The Morgan fingerprint density at radius 1 is 1.44 bits per heavy atom. The lowest BCUT2D eigenvalue weighted by Gasteiger charge is -2.33. The van der Waals surface area contributed by atoms with Gasteiger partial charge >= 0.3 is 5.97 Å². The number of aromatic nitrogens is 1. The van der Waals surface area contributed by atoms with Crippen LogP contribution in [0.2, 0.25) is 0 Å². The summed E-state index contributed by atoms with van der Waals surface area (Å²) in [4.78, 5) is 15.1. The zero-order chi connectivity index (χ0) is 13.1. The summed E-state index contributed by atoms with van der Waals surface area (Å²) in [6.45, 7) is 4.53. The average molecular weight is 248 g/mol. The third-order valence-electron chi connectivity index (χ3n) is 3.77. The van der Waals surface area contributed by atoms with Crippen LogP contribution in [0.3, 0.4) is 0 Å². The van der Waals surface area contributed by atoms with E-state index in [4.69, 9.17) is 5.11 Å². The average Bonchev–Trinajstić information content (AvgIpc) is 2.33. The molecule has 3 unspecified atom stereocenters. The van der Waals surface area contributed by atoms with Crippen LogP contribution in [-0.2, 0) is 0 Å². The summed E-state index contributed by atoms with van der Waals surface area (Å²) in [6.07, 6.45) is 5.11. The molecule has 1 aromatic heterocycles. The number of carboxylic acids is 1. The lowest BCUT2D eigenvalue weighted by Crippen LogP contribution is -2.33. The van der Waals surface area contributed by atoms with Crippen LogP contribution in [0.15, 0.2) is 18.3 Å². The Balaban J connectivity index is 2.05. The molecular formula is C14H20N2O2. The molecule has 2 rings (SSSR count). The molecule has 1 aromatic rings. The van der Waals surface area contributed by atoms with Gasteiger partial charge in [-0.1, -0.05) is 13.8 Å². The topological polar surface area (TPSA) is 62.2 Å². The number of rotatable bonds is 3. The van der Waals surface area contributed by atoms with Crippen molar-refractivity contribution in [2.24, 2.45) is 11.8 Å². The van der Waals surface area contributed by atoms with Crippen molar-refractivity contribution in [1.29, 1.82) is 0 Å².